The number of thioether (sulfide) groups is 1. The zero-order valence-corrected chi connectivity index (χ0v) is 12.3. The van der Waals surface area contributed by atoms with Gasteiger partial charge in [-0.15, -0.1) is 0 Å². The minimum Gasteiger partial charge on any atom is -0.392 e. The minimum atomic E-state index is 0.0253. The van der Waals surface area contributed by atoms with Crippen molar-refractivity contribution in [1.29, 1.82) is 0 Å². The second-order valence-electron chi connectivity index (χ2n) is 4.67. The molecule has 1 aliphatic rings. The lowest BCUT2D eigenvalue weighted by molar-refractivity contribution is 0.210. The predicted molar refractivity (Wildman–Crippen MR) is 80.9 cm³/mol. The van der Waals surface area contributed by atoms with Crippen molar-refractivity contribution in [3.63, 3.8) is 0 Å². The summed E-state index contributed by atoms with van der Waals surface area (Å²) in [6.07, 6.45) is 8.05. The summed E-state index contributed by atoms with van der Waals surface area (Å²) < 4.78 is 2.00. The van der Waals surface area contributed by atoms with Crippen LogP contribution in [0.4, 0.5) is 0 Å². The highest BCUT2D eigenvalue weighted by molar-refractivity contribution is 8.02. The molecule has 2 heterocycles. The Kier molecular flexibility index (Phi) is 4.64. The van der Waals surface area contributed by atoms with Gasteiger partial charge in [-0.2, -0.15) is 16.9 Å². The molecule has 0 bridgehead atoms. The van der Waals surface area contributed by atoms with E-state index in [0.29, 0.717) is 4.99 Å². The molecule has 0 unspecified atom stereocenters. The van der Waals surface area contributed by atoms with Crippen LogP contribution in [0.2, 0.25) is 0 Å². The van der Waals surface area contributed by atoms with Gasteiger partial charge in [0.15, 0.2) is 0 Å². The molecule has 0 aliphatic carbocycles. The molecule has 0 radical (unpaired) electrons. The predicted octanol–water partition coefficient (Wildman–Crippen LogP) is 1.37. The lowest BCUT2D eigenvalue weighted by Gasteiger charge is -2.40. The third-order valence-electron chi connectivity index (χ3n) is 3.71. The van der Waals surface area contributed by atoms with Gasteiger partial charge in [-0.3, -0.25) is 4.68 Å². The number of nitrogens with zero attached hydrogens (tertiary/aromatic N) is 3. The van der Waals surface area contributed by atoms with Crippen LogP contribution in [0, 0.1) is 0 Å². The van der Waals surface area contributed by atoms with E-state index in [1.54, 1.807) is 0 Å². The lowest BCUT2D eigenvalue weighted by Crippen LogP contribution is -2.49. The van der Waals surface area contributed by atoms with Gasteiger partial charge in [0.25, 0.3) is 0 Å². The maximum Gasteiger partial charge on any atom is 0.0891 e. The highest BCUT2D eigenvalue weighted by Gasteiger charge is 2.36. The molecule has 0 spiro atoms. The van der Waals surface area contributed by atoms with Crippen molar-refractivity contribution in [2.45, 2.75) is 24.1 Å². The molecule has 6 heteroatoms. The Morgan fingerprint density at radius 2 is 2.17 bits per heavy atom. The van der Waals surface area contributed by atoms with Crippen molar-refractivity contribution in [3.8, 4) is 0 Å². The maximum absolute atomic E-state index is 5.89. The first-order valence-electron chi connectivity index (χ1n) is 6.21. The minimum absolute atomic E-state index is 0.0253. The van der Waals surface area contributed by atoms with E-state index >= 15 is 0 Å². The summed E-state index contributed by atoms with van der Waals surface area (Å²) in [5.41, 5.74) is 5.89. The number of likely N-dealkylation sites (tertiary alicyclic amines) is 1. The average molecular weight is 284 g/mol. The van der Waals surface area contributed by atoms with Gasteiger partial charge in [0.2, 0.25) is 0 Å². The van der Waals surface area contributed by atoms with E-state index in [0.717, 1.165) is 39.0 Å². The molecule has 18 heavy (non-hydrogen) atoms. The fourth-order valence-electron chi connectivity index (χ4n) is 2.37. The number of hydrogen-bond donors (Lipinski definition) is 1. The molecule has 1 fully saturated rings. The zero-order valence-electron chi connectivity index (χ0n) is 10.7. The van der Waals surface area contributed by atoms with Crippen LogP contribution in [0.25, 0.3) is 0 Å². The molecular weight excluding hydrogens is 264 g/mol. The topological polar surface area (TPSA) is 47.1 Å². The summed E-state index contributed by atoms with van der Waals surface area (Å²) in [4.78, 5) is 3.13. The quantitative estimate of drug-likeness (QED) is 0.828. The van der Waals surface area contributed by atoms with Crippen LogP contribution < -0.4 is 5.73 Å². The summed E-state index contributed by atoms with van der Waals surface area (Å²) in [6, 6.07) is 1.96. The Morgan fingerprint density at radius 1 is 1.44 bits per heavy atom. The summed E-state index contributed by atoms with van der Waals surface area (Å²) >= 11 is 7.03. The Hall–Kier alpha value is -0.590. The van der Waals surface area contributed by atoms with Gasteiger partial charge in [0.1, 0.15) is 0 Å². The normalized spacial score (nSPS) is 19.8. The van der Waals surface area contributed by atoms with Crippen LogP contribution in [0.15, 0.2) is 18.5 Å². The average Bonchev–Trinajstić information content (AvgIpc) is 2.90. The van der Waals surface area contributed by atoms with Crippen LogP contribution in [0.3, 0.4) is 0 Å². The molecule has 1 aliphatic heterocycles. The SMILES string of the molecule is CSC1(C(N)=S)CCN(CCn2cccn2)CC1. The molecule has 1 saturated heterocycles. The van der Waals surface area contributed by atoms with Gasteiger partial charge in [-0.25, -0.2) is 0 Å². The van der Waals surface area contributed by atoms with E-state index in [1.165, 1.54) is 0 Å². The molecule has 4 nitrogen and oxygen atoms in total. The van der Waals surface area contributed by atoms with Crippen molar-refractivity contribution >= 4 is 29.0 Å². The first-order valence-corrected chi connectivity index (χ1v) is 7.84. The number of thiocarbonyl (C=S) groups is 1. The number of rotatable bonds is 5. The summed E-state index contributed by atoms with van der Waals surface area (Å²) in [5.74, 6) is 0. The standard InChI is InChI=1S/C12H20N4S2/c1-18-12(11(13)17)3-7-15(8-4-12)9-10-16-6-2-5-14-16/h2,5-6H,3-4,7-10H2,1H3,(H2,13,17). The van der Waals surface area contributed by atoms with E-state index in [1.807, 2.05) is 34.9 Å². The summed E-state index contributed by atoms with van der Waals surface area (Å²) in [6.45, 7) is 4.13. The highest BCUT2D eigenvalue weighted by atomic mass is 32.2. The Bertz CT molecular complexity index is 383. The summed E-state index contributed by atoms with van der Waals surface area (Å²) in [7, 11) is 0. The Balaban J connectivity index is 1.81. The third-order valence-corrected chi connectivity index (χ3v) is 5.64. The molecule has 0 saturated carbocycles. The molecule has 0 amide bonds. The largest absolute Gasteiger partial charge is 0.392 e. The molecule has 100 valence electrons. The fraction of sp³-hybridized carbons (Fsp3) is 0.667. The number of nitrogens with two attached hydrogens (primary N) is 1. The van der Waals surface area contributed by atoms with Crippen LogP contribution in [0.5, 0.6) is 0 Å². The van der Waals surface area contributed by atoms with E-state index in [4.69, 9.17) is 18.0 Å². The fourth-order valence-corrected chi connectivity index (χ4v) is 3.61. The van der Waals surface area contributed by atoms with Gasteiger partial charge >= 0.3 is 0 Å². The summed E-state index contributed by atoms with van der Waals surface area (Å²) in [5, 5.41) is 4.22. The van der Waals surface area contributed by atoms with Crippen LogP contribution >= 0.6 is 24.0 Å². The molecule has 1 aromatic heterocycles. The second kappa shape index (κ2) is 6.04. The highest BCUT2D eigenvalue weighted by Crippen LogP contribution is 2.34. The molecular formula is C12H20N4S2. The van der Waals surface area contributed by atoms with Crippen molar-refractivity contribution < 1.29 is 0 Å². The molecule has 1 aromatic rings. The number of piperidine rings is 1. The molecule has 0 atom stereocenters. The first kappa shape index (κ1) is 13.8. The van der Waals surface area contributed by atoms with Gasteiger partial charge in [0.05, 0.1) is 16.3 Å². The van der Waals surface area contributed by atoms with Crippen LogP contribution in [-0.2, 0) is 6.54 Å². The number of aromatic nitrogens is 2. The third kappa shape index (κ3) is 3.05. The lowest BCUT2D eigenvalue weighted by atomic mass is 9.95. The molecule has 0 aromatic carbocycles. The van der Waals surface area contributed by atoms with Crippen molar-refractivity contribution in [3.05, 3.63) is 18.5 Å². The monoisotopic (exact) mass is 284 g/mol. The smallest absolute Gasteiger partial charge is 0.0891 e. The van der Waals surface area contributed by atoms with E-state index in [2.05, 4.69) is 16.3 Å². The van der Waals surface area contributed by atoms with Gasteiger partial charge < -0.3 is 10.6 Å². The van der Waals surface area contributed by atoms with Gasteiger partial charge in [-0.05, 0) is 38.3 Å². The first-order chi connectivity index (χ1) is 8.66. The van der Waals surface area contributed by atoms with Crippen molar-refractivity contribution in [1.82, 2.24) is 14.7 Å². The number of hydrogen-bond acceptors (Lipinski definition) is 4. The second-order valence-corrected chi connectivity index (χ2v) is 6.30. The Morgan fingerprint density at radius 3 is 2.67 bits per heavy atom. The van der Waals surface area contributed by atoms with Gasteiger partial charge in [-0.1, -0.05) is 12.2 Å². The van der Waals surface area contributed by atoms with Crippen LogP contribution in [0.1, 0.15) is 12.8 Å². The molecule has 2 N–H and O–H groups in total. The van der Waals surface area contributed by atoms with Crippen molar-refractivity contribution in [2.24, 2.45) is 5.73 Å². The molecule has 2 rings (SSSR count). The van der Waals surface area contributed by atoms with E-state index in [9.17, 15) is 0 Å². The van der Waals surface area contributed by atoms with E-state index < -0.39 is 0 Å². The van der Waals surface area contributed by atoms with E-state index in [-0.39, 0.29) is 4.75 Å². The van der Waals surface area contributed by atoms with Gasteiger partial charge in [0, 0.05) is 18.9 Å². The Labute approximate surface area is 118 Å². The van der Waals surface area contributed by atoms with Crippen molar-refractivity contribution in [2.75, 3.05) is 25.9 Å². The zero-order chi connectivity index (χ0) is 13.0. The van der Waals surface area contributed by atoms with Crippen LogP contribution in [-0.4, -0.2) is 50.3 Å². The maximum atomic E-state index is 5.89.